The van der Waals surface area contributed by atoms with Gasteiger partial charge < -0.3 is 10.3 Å². The van der Waals surface area contributed by atoms with Crippen molar-refractivity contribution in [3.05, 3.63) is 52.0 Å². The Bertz CT molecular complexity index is 523. The molecule has 1 aromatic carbocycles. The average Bonchev–Trinajstić information content (AvgIpc) is 2.78. The van der Waals surface area contributed by atoms with Gasteiger partial charge in [0.05, 0.1) is 24.1 Å². The highest BCUT2D eigenvalue weighted by atomic mass is 79.9. The van der Waals surface area contributed by atoms with E-state index in [0.717, 1.165) is 15.7 Å². The van der Waals surface area contributed by atoms with Gasteiger partial charge in [-0.2, -0.15) is 0 Å². The highest BCUT2D eigenvalue weighted by Crippen LogP contribution is 2.18. The van der Waals surface area contributed by atoms with Crippen molar-refractivity contribution in [1.29, 1.82) is 0 Å². The van der Waals surface area contributed by atoms with E-state index in [0.29, 0.717) is 12.1 Å². The summed E-state index contributed by atoms with van der Waals surface area (Å²) in [7, 11) is 0. The molecule has 0 atom stereocenters. The smallest absolute Gasteiger partial charge is 0.252 e. The normalized spacial score (nSPS) is 10.2. The summed E-state index contributed by atoms with van der Waals surface area (Å²) >= 11 is 3.39. The van der Waals surface area contributed by atoms with E-state index in [1.54, 1.807) is 12.5 Å². The summed E-state index contributed by atoms with van der Waals surface area (Å²) in [6.45, 7) is 2.43. The van der Waals surface area contributed by atoms with Crippen LogP contribution in [-0.4, -0.2) is 15.9 Å². The van der Waals surface area contributed by atoms with Crippen LogP contribution in [0.5, 0.6) is 0 Å². The van der Waals surface area contributed by atoms with Crippen LogP contribution in [0.25, 0.3) is 0 Å². The number of nitrogens with one attached hydrogen (secondary N) is 2. The minimum absolute atomic E-state index is 0.105. The summed E-state index contributed by atoms with van der Waals surface area (Å²) < 4.78 is 0.805. The zero-order valence-electron chi connectivity index (χ0n) is 9.33. The summed E-state index contributed by atoms with van der Waals surface area (Å²) in [5.74, 6) is -0.105. The predicted octanol–water partition coefficient (Wildman–Crippen LogP) is 2.41. The monoisotopic (exact) mass is 293 g/mol. The Balaban J connectivity index is 2.04. The number of H-pyrrole nitrogens is 1. The van der Waals surface area contributed by atoms with Crippen LogP contribution in [0.2, 0.25) is 0 Å². The number of rotatable bonds is 3. The van der Waals surface area contributed by atoms with E-state index in [-0.39, 0.29) is 5.91 Å². The largest absolute Gasteiger partial charge is 0.347 e. The molecule has 0 saturated heterocycles. The molecule has 2 aromatic rings. The Hall–Kier alpha value is -1.62. The molecule has 0 bridgehead atoms. The lowest BCUT2D eigenvalue weighted by molar-refractivity contribution is 0.0949. The fraction of sp³-hybridized carbons (Fsp3) is 0.167. The zero-order valence-corrected chi connectivity index (χ0v) is 10.9. The van der Waals surface area contributed by atoms with Crippen LogP contribution in [-0.2, 0) is 6.54 Å². The van der Waals surface area contributed by atoms with E-state index in [1.165, 1.54) is 0 Å². The van der Waals surface area contributed by atoms with Gasteiger partial charge in [0.2, 0.25) is 0 Å². The third kappa shape index (κ3) is 2.94. The molecule has 88 valence electrons. The summed E-state index contributed by atoms with van der Waals surface area (Å²) in [6, 6.07) is 5.64. The van der Waals surface area contributed by atoms with Crippen molar-refractivity contribution in [2.24, 2.45) is 0 Å². The van der Waals surface area contributed by atoms with Crippen LogP contribution in [0.1, 0.15) is 21.6 Å². The Morgan fingerprint density at radius 2 is 2.35 bits per heavy atom. The van der Waals surface area contributed by atoms with Crippen molar-refractivity contribution in [3.8, 4) is 0 Å². The average molecular weight is 294 g/mol. The van der Waals surface area contributed by atoms with Gasteiger partial charge in [0, 0.05) is 10.7 Å². The van der Waals surface area contributed by atoms with Crippen molar-refractivity contribution < 1.29 is 4.79 Å². The van der Waals surface area contributed by atoms with Gasteiger partial charge in [0.1, 0.15) is 0 Å². The third-order valence-corrected chi connectivity index (χ3v) is 3.02. The molecule has 0 aliphatic rings. The van der Waals surface area contributed by atoms with Crippen LogP contribution in [0.4, 0.5) is 0 Å². The first-order valence-electron chi connectivity index (χ1n) is 5.18. The number of carbonyl (C=O) groups is 1. The van der Waals surface area contributed by atoms with E-state index in [9.17, 15) is 4.79 Å². The second-order valence-corrected chi connectivity index (χ2v) is 4.60. The second kappa shape index (κ2) is 5.14. The molecule has 17 heavy (non-hydrogen) atoms. The molecule has 1 amide bonds. The van der Waals surface area contributed by atoms with E-state index in [4.69, 9.17) is 0 Å². The van der Waals surface area contributed by atoms with E-state index < -0.39 is 0 Å². The molecule has 2 N–H and O–H groups in total. The number of nitrogens with zero attached hydrogens (tertiary/aromatic N) is 1. The van der Waals surface area contributed by atoms with Crippen LogP contribution in [0, 0.1) is 6.92 Å². The van der Waals surface area contributed by atoms with Crippen molar-refractivity contribution >= 4 is 21.8 Å². The SMILES string of the molecule is Cc1ccc(C(=O)NCc2cnc[nH]2)c(Br)c1. The summed E-state index contributed by atoms with van der Waals surface area (Å²) in [6.07, 6.45) is 3.27. The van der Waals surface area contributed by atoms with Gasteiger partial charge in [0.15, 0.2) is 0 Å². The van der Waals surface area contributed by atoms with Crippen molar-refractivity contribution in [3.63, 3.8) is 0 Å². The van der Waals surface area contributed by atoms with Crippen LogP contribution >= 0.6 is 15.9 Å². The molecule has 0 radical (unpaired) electrons. The van der Waals surface area contributed by atoms with E-state index in [1.807, 2.05) is 25.1 Å². The Morgan fingerprint density at radius 3 is 3.00 bits per heavy atom. The first-order valence-corrected chi connectivity index (χ1v) is 5.97. The predicted molar refractivity (Wildman–Crippen MR) is 68.6 cm³/mol. The number of benzene rings is 1. The molecule has 0 saturated carbocycles. The van der Waals surface area contributed by atoms with Gasteiger partial charge in [-0.05, 0) is 40.5 Å². The van der Waals surface area contributed by atoms with Gasteiger partial charge in [-0.1, -0.05) is 6.07 Å². The molecule has 0 unspecified atom stereocenters. The lowest BCUT2D eigenvalue weighted by Gasteiger charge is -2.06. The van der Waals surface area contributed by atoms with Crippen LogP contribution in [0.3, 0.4) is 0 Å². The van der Waals surface area contributed by atoms with Gasteiger partial charge in [-0.25, -0.2) is 4.98 Å². The van der Waals surface area contributed by atoms with Gasteiger partial charge in [0.25, 0.3) is 5.91 Å². The van der Waals surface area contributed by atoms with Crippen molar-refractivity contribution in [1.82, 2.24) is 15.3 Å². The molecule has 0 spiro atoms. The Morgan fingerprint density at radius 1 is 1.53 bits per heavy atom. The highest BCUT2D eigenvalue weighted by molar-refractivity contribution is 9.10. The lowest BCUT2D eigenvalue weighted by Crippen LogP contribution is -2.23. The van der Waals surface area contributed by atoms with E-state index in [2.05, 4.69) is 31.2 Å². The van der Waals surface area contributed by atoms with Gasteiger partial charge >= 0.3 is 0 Å². The maximum atomic E-state index is 11.9. The molecule has 1 aromatic heterocycles. The minimum Gasteiger partial charge on any atom is -0.347 e. The van der Waals surface area contributed by atoms with Gasteiger partial charge in [-0.3, -0.25) is 4.79 Å². The van der Waals surface area contributed by atoms with Crippen LogP contribution in [0.15, 0.2) is 35.2 Å². The number of aromatic nitrogens is 2. The number of carbonyl (C=O) groups excluding carboxylic acids is 1. The lowest BCUT2D eigenvalue weighted by atomic mass is 10.1. The van der Waals surface area contributed by atoms with Crippen molar-refractivity contribution in [2.75, 3.05) is 0 Å². The molecule has 0 fully saturated rings. The second-order valence-electron chi connectivity index (χ2n) is 3.74. The number of imidazole rings is 1. The standard InChI is InChI=1S/C12H12BrN3O/c1-8-2-3-10(11(13)4-8)12(17)15-6-9-5-14-7-16-9/h2-5,7H,6H2,1H3,(H,14,16)(H,15,17). The first-order chi connectivity index (χ1) is 8.16. The molecular formula is C12H12BrN3O. The maximum absolute atomic E-state index is 11.9. The summed E-state index contributed by atoms with van der Waals surface area (Å²) in [4.78, 5) is 18.7. The Labute approximate surface area is 108 Å². The number of hydrogen-bond donors (Lipinski definition) is 2. The zero-order chi connectivity index (χ0) is 12.3. The third-order valence-electron chi connectivity index (χ3n) is 2.36. The number of amides is 1. The first kappa shape index (κ1) is 11.9. The van der Waals surface area contributed by atoms with E-state index >= 15 is 0 Å². The number of aryl methyl sites for hydroxylation is 1. The molecular weight excluding hydrogens is 282 g/mol. The summed E-state index contributed by atoms with van der Waals surface area (Å²) in [5, 5.41) is 2.82. The minimum atomic E-state index is -0.105. The van der Waals surface area contributed by atoms with Gasteiger partial charge in [-0.15, -0.1) is 0 Å². The molecule has 1 heterocycles. The molecule has 4 nitrogen and oxygen atoms in total. The number of halogens is 1. The number of hydrogen-bond acceptors (Lipinski definition) is 2. The highest BCUT2D eigenvalue weighted by Gasteiger charge is 2.09. The Kier molecular flexibility index (Phi) is 3.58. The quantitative estimate of drug-likeness (QED) is 0.913. The molecule has 0 aliphatic carbocycles. The maximum Gasteiger partial charge on any atom is 0.252 e. The molecule has 2 rings (SSSR count). The van der Waals surface area contributed by atoms with Crippen molar-refractivity contribution in [2.45, 2.75) is 13.5 Å². The van der Waals surface area contributed by atoms with Crippen LogP contribution < -0.4 is 5.32 Å². The fourth-order valence-electron chi connectivity index (χ4n) is 1.46. The number of aromatic amines is 1. The topological polar surface area (TPSA) is 57.8 Å². The molecule has 5 heteroatoms. The molecule has 0 aliphatic heterocycles. The summed E-state index contributed by atoms with van der Waals surface area (Å²) in [5.41, 5.74) is 2.62. The fourth-order valence-corrected chi connectivity index (χ4v) is 2.13.